The van der Waals surface area contributed by atoms with Crippen LogP contribution in [0.1, 0.15) is 86.5 Å². The van der Waals surface area contributed by atoms with Crippen LogP contribution in [-0.2, 0) is 19.0 Å². The average Bonchev–Trinajstić information content (AvgIpc) is 2.89. The fourth-order valence-electron chi connectivity index (χ4n) is 4.85. The Bertz CT molecular complexity index is 589. The van der Waals surface area contributed by atoms with Crippen molar-refractivity contribution >= 4 is 5.97 Å². The van der Waals surface area contributed by atoms with Crippen LogP contribution in [0, 0.1) is 16.7 Å². The van der Waals surface area contributed by atoms with Gasteiger partial charge in [0.15, 0.2) is 0 Å². The summed E-state index contributed by atoms with van der Waals surface area (Å²) >= 11 is 0. The molecule has 0 aromatic rings. The van der Waals surface area contributed by atoms with Gasteiger partial charge in [-0.15, -0.1) is 0 Å². The highest BCUT2D eigenvalue weighted by molar-refractivity contribution is 5.75. The monoisotopic (exact) mass is 410 g/mol. The molecule has 0 bridgehead atoms. The largest absolute Gasteiger partial charge is 0.457 e. The predicted octanol–water partition coefficient (Wildman–Crippen LogP) is 5.01. The minimum Gasteiger partial charge on any atom is -0.457 e. The molecule has 4 atom stereocenters. The van der Waals surface area contributed by atoms with E-state index in [0.29, 0.717) is 6.79 Å². The van der Waals surface area contributed by atoms with E-state index in [9.17, 15) is 9.90 Å². The molecule has 2 aliphatic carbocycles. The summed E-state index contributed by atoms with van der Waals surface area (Å²) in [4.78, 5) is 12.6. The number of unbranched alkanes of at least 4 members (excludes halogenated alkanes) is 1. The quantitative estimate of drug-likeness (QED) is 0.264. The minimum atomic E-state index is -0.527. The van der Waals surface area contributed by atoms with E-state index in [2.05, 4.69) is 26.8 Å². The molecule has 5 heteroatoms. The third kappa shape index (κ3) is 6.05. The molecule has 0 spiro atoms. The van der Waals surface area contributed by atoms with Crippen molar-refractivity contribution in [3.63, 3.8) is 0 Å². The lowest BCUT2D eigenvalue weighted by Crippen LogP contribution is -2.37. The van der Waals surface area contributed by atoms with E-state index in [1.54, 1.807) is 7.11 Å². The SMILES string of the molecule is COCOC(C)(C)CCC/C=C1/[C@H](OC(=O)C(C)(C)C)C[C@H]2[C@@H](O)CCC[C@]12C. The number of carbonyl (C=O) groups is 1. The zero-order chi connectivity index (χ0) is 21.9. The first-order valence-electron chi connectivity index (χ1n) is 11.1. The Balaban J connectivity index is 2.12. The smallest absolute Gasteiger partial charge is 0.311 e. The third-order valence-corrected chi connectivity index (χ3v) is 6.73. The van der Waals surface area contributed by atoms with Crippen LogP contribution in [-0.4, -0.2) is 42.8 Å². The fraction of sp³-hybridized carbons (Fsp3) is 0.875. The van der Waals surface area contributed by atoms with Gasteiger partial charge < -0.3 is 19.3 Å². The molecule has 2 saturated carbocycles. The second kappa shape index (κ2) is 9.49. The van der Waals surface area contributed by atoms with Crippen molar-refractivity contribution in [1.29, 1.82) is 0 Å². The minimum absolute atomic E-state index is 0.0808. The standard InChI is InChI=1S/C24H42O5/c1-22(2,3)21(26)29-20-15-18-19(25)12-10-14-24(18,6)17(20)11-8-9-13-23(4,5)28-16-27-7/h11,18-20,25H,8-10,12-16H2,1-7H3/b17-11-/t18-,19-,20+,24+/m0/s1. The fourth-order valence-corrected chi connectivity index (χ4v) is 4.85. The van der Waals surface area contributed by atoms with E-state index in [1.165, 1.54) is 5.57 Å². The molecule has 0 aromatic carbocycles. The van der Waals surface area contributed by atoms with E-state index in [1.807, 2.05) is 20.8 Å². The number of esters is 1. The molecule has 29 heavy (non-hydrogen) atoms. The number of rotatable bonds is 8. The third-order valence-electron chi connectivity index (χ3n) is 6.73. The molecule has 0 aromatic heterocycles. The second-order valence-corrected chi connectivity index (χ2v) is 10.7. The molecule has 0 saturated heterocycles. The lowest BCUT2D eigenvalue weighted by Gasteiger charge is -2.40. The van der Waals surface area contributed by atoms with Crippen LogP contribution in [0.5, 0.6) is 0 Å². The molecule has 0 aliphatic heterocycles. The van der Waals surface area contributed by atoms with Crippen LogP contribution in [0.3, 0.4) is 0 Å². The summed E-state index contributed by atoms with van der Waals surface area (Å²) in [5.74, 6) is 0.000909. The highest BCUT2D eigenvalue weighted by Gasteiger charge is 2.53. The summed E-state index contributed by atoms with van der Waals surface area (Å²) in [6.45, 7) is 12.4. The topological polar surface area (TPSA) is 65.0 Å². The van der Waals surface area contributed by atoms with E-state index in [0.717, 1.165) is 44.9 Å². The van der Waals surface area contributed by atoms with Crippen molar-refractivity contribution in [2.45, 2.75) is 104 Å². The highest BCUT2D eigenvalue weighted by atomic mass is 16.7. The van der Waals surface area contributed by atoms with Gasteiger partial charge in [-0.25, -0.2) is 0 Å². The lowest BCUT2D eigenvalue weighted by atomic mass is 9.66. The number of ether oxygens (including phenoxy) is 3. The Morgan fingerprint density at radius 1 is 1.28 bits per heavy atom. The van der Waals surface area contributed by atoms with E-state index >= 15 is 0 Å². The molecule has 0 radical (unpaired) electrons. The predicted molar refractivity (Wildman–Crippen MR) is 114 cm³/mol. The number of hydrogen-bond donors (Lipinski definition) is 1. The van der Waals surface area contributed by atoms with Crippen LogP contribution >= 0.6 is 0 Å². The molecule has 2 fully saturated rings. The van der Waals surface area contributed by atoms with Gasteiger partial charge in [-0.05, 0) is 96.5 Å². The molecule has 1 N–H and O–H groups in total. The summed E-state index contributed by atoms with van der Waals surface area (Å²) in [5, 5.41) is 10.6. The number of aliphatic hydroxyl groups is 1. The summed E-state index contributed by atoms with van der Waals surface area (Å²) in [5.41, 5.74) is 0.383. The first-order chi connectivity index (χ1) is 13.4. The molecular weight excluding hydrogens is 368 g/mol. The van der Waals surface area contributed by atoms with Crippen molar-refractivity contribution in [3.8, 4) is 0 Å². The number of methoxy groups -OCH3 is 1. The number of fused-ring (bicyclic) bond motifs is 1. The van der Waals surface area contributed by atoms with Gasteiger partial charge in [0.05, 0.1) is 17.1 Å². The van der Waals surface area contributed by atoms with Gasteiger partial charge in [0.25, 0.3) is 0 Å². The normalized spacial score (nSPS) is 31.7. The second-order valence-electron chi connectivity index (χ2n) is 10.7. The zero-order valence-electron chi connectivity index (χ0n) is 19.5. The molecule has 168 valence electrons. The molecule has 5 nitrogen and oxygen atoms in total. The van der Waals surface area contributed by atoms with E-state index in [4.69, 9.17) is 14.2 Å². The number of carbonyl (C=O) groups excluding carboxylic acids is 1. The summed E-state index contributed by atoms with van der Waals surface area (Å²) in [7, 11) is 1.63. The summed E-state index contributed by atoms with van der Waals surface area (Å²) in [6, 6.07) is 0. The van der Waals surface area contributed by atoms with Crippen molar-refractivity contribution in [1.82, 2.24) is 0 Å². The van der Waals surface area contributed by atoms with Crippen LogP contribution in [0.4, 0.5) is 0 Å². The maximum Gasteiger partial charge on any atom is 0.311 e. The van der Waals surface area contributed by atoms with Gasteiger partial charge >= 0.3 is 5.97 Å². The van der Waals surface area contributed by atoms with Gasteiger partial charge in [-0.3, -0.25) is 4.79 Å². The van der Waals surface area contributed by atoms with Crippen molar-refractivity contribution in [3.05, 3.63) is 11.6 Å². The Morgan fingerprint density at radius 3 is 2.59 bits per heavy atom. The Morgan fingerprint density at radius 2 is 1.97 bits per heavy atom. The van der Waals surface area contributed by atoms with Crippen molar-refractivity contribution in [2.75, 3.05) is 13.9 Å². The zero-order valence-corrected chi connectivity index (χ0v) is 19.5. The van der Waals surface area contributed by atoms with Gasteiger partial charge in [0, 0.05) is 7.11 Å². The van der Waals surface area contributed by atoms with Crippen LogP contribution < -0.4 is 0 Å². The van der Waals surface area contributed by atoms with E-state index in [-0.39, 0.29) is 35.1 Å². The molecule has 2 rings (SSSR count). The van der Waals surface area contributed by atoms with Gasteiger partial charge in [-0.1, -0.05) is 13.0 Å². The number of allylic oxidation sites excluding steroid dienone is 1. The summed E-state index contributed by atoms with van der Waals surface area (Å²) < 4.78 is 16.7. The highest BCUT2D eigenvalue weighted by Crippen LogP contribution is 2.56. The van der Waals surface area contributed by atoms with Crippen LogP contribution in [0.25, 0.3) is 0 Å². The van der Waals surface area contributed by atoms with E-state index < -0.39 is 5.41 Å². The van der Waals surface area contributed by atoms with Gasteiger partial charge in [0.1, 0.15) is 12.9 Å². The summed E-state index contributed by atoms with van der Waals surface area (Å²) in [6.07, 6.45) is 8.22. The molecule has 0 heterocycles. The molecule has 0 unspecified atom stereocenters. The van der Waals surface area contributed by atoms with Gasteiger partial charge in [-0.2, -0.15) is 0 Å². The molecule has 0 amide bonds. The molecular formula is C24H42O5. The first kappa shape index (κ1) is 24.4. The Kier molecular flexibility index (Phi) is 7.97. The van der Waals surface area contributed by atoms with Crippen LogP contribution in [0.15, 0.2) is 11.6 Å². The first-order valence-corrected chi connectivity index (χ1v) is 11.1. The van der Waals surface area contributed by atoms with Crippen molar-refractivity contribution < 1.29 is 24.1 Å². The maximum absolute atomic E-state index is 12.6. The maximum atomic E-state index is 12.6. The average molecular weight is 411 g/mol. The molecule has 2 aliphatic rings. The Hall–Kier alpha value is -0.910. The number of hydrogen-bond acceptors (Lipinski definition) is 5. The van der Waals surface area contributed by atoms with Gasteiger partial charge in [0.2, 0.25) is 0 Å². The van der Waals surface area contributed by atoms with Crippen LogP contribution in [0.2, 0.25) is 0 Å². The van der Waals surface area contributed by atoms with Crippen molar-refractivity contribution in [2.24, 2.45) is 16.7 Å². The lowest BCUT2D eigenvalue weighted by molar-refractivity contribution is -0.156. The Labute approximate surface area is 177 Å². The number of aliphatic hydroxyl groups excluding tert-OH is 1.